The SMILES string of the molecule is Brc1ccc2c3c(cccc13)-c1ccccc1-2.c1ccc2c(c1)-c1cccc3c(-n4c5ccccc5c5c6ccc7ccc8ccccc8c7c6ccc54)ccc-2c13.c1ccc2c(c1)ccc1ccc3c(ccc4[nH]c5ccccc5c43)c12. The highest BCUT2D eigenvalue weighted by Crippen LogP contribution is 2.51. The minimum Gasteiger partial charge on any atom is -0.354 e. The zero-order valence-corrected chi connectivity index (χ0v) is 46.5. The van der Waals surface area contributed by atoms with E-state index in [9.17, 15) is 0 Å². The summed E-state index contributed by atoms with van der Waals surface area (Å²) in [6.07, 6.45) is 0. The van der Waals surface area contributed by atoms with Crippen LogP contribution in [0.5, 0.6) is 0 Å². The average Bonchev–Trinajstić information content (AvgIpc) is 3.19. The van der Waals surface area contributed by atoms with Gasteiger partial charge >= 0.3 is 0 Å². The molecular formula is C80H47BrN2. The summed E-state index contributed by atoms with van der Waals surface area (Å²) >= 11 is 3.64. The van der Waals surface area contributed by atoms with E-state index in [1.54, 1.807) is 0 Å². The standard InChI is InChI=1S/C40H23N.C24H15N.C16H9Br/c1-2-9-26-24(8-1)16-17-25-18-19-32-31(38(25)26)21-23-37-40(32)34-12-5-6-15-35(34)41(37)36-22-20-30-28-11-4-3-10-27(28)29-13-7-14-33(36)39(29)30;1-2-6-17-15(5-1)9-10-16-11-12-19-18(23(16)17)13-14-22-24(19)20-7-3-4-8-21(20)25-22;17-15-9-8-13-11-5-2-1-4-10(11)12-6-3-7-14(15)16(12)13/h1-23H;1-14,25H;1-9H. The van der Waals surface area contributed by atoms with Crippen LogP contribution in [0.25, 0.3) is 180 Å². The zero-order chi connectivity index (χ0) is 54.4. The first-order valence-electron chi connectivity index (χ1n) is 28.6. The number of para-hydroxylation sites is 2. The number of benzene rings is 16. The van der Waals surface area contributed by atoms with E-state index in [0.29, 0.717) is 0 Å². The summed E-state index contributed by atoms with van der Waals surface area (Å²) in [6.45, 7) is 0. The van der Waals surface area contributed by atoms with Gasteiger partial charge in [0.1, 0.15) is 0 Å². The Bertz CT molecular complexity index is 5780. The molecule has 1 N–H and O–H groups in total. The molecule has 0 amide bonds. The van der Waals surface area contributed by atoms with Crippen LogP contribution in [0.4, 0.5) is 0 Å². The normalized spacial score (nSPS) is 12.2. The van der Waals surface area contributed by atoms with E-state index in [2.05, 4.69) is 305 Å². The Labute approximate surface area is 485 Å². The average molecular weight is 1120 g/mol. The van der Waals surface area contributed by atoms with Crippen molar-refractivity contribution in [3.05, 3.63) is 284 Å². The Balaban J connectivity index is 0.000000106. The molecule has 0 atom stereocenters. The van der Waals surface area contributed by atoms with Gasteiger partial charge in [0.25, 0.3) is 0 Å². The van der Waals surface area contributed by atoms with Gasteiger partial charge < -0.3 is 9.55 Å². The third-order valence-electron chi connectivity index (χ3n) is 18.2. The minimum atomic E-state index is 1.17. The third-order valence-corrected chi connectivity index (χ3v) is 18.9. The number of aromatic amines is 1. The van der Waals surface area contributed by atoms with Crippen molar-refractivity contribution in [3.63, 3.8) is 0 Å². The van der Waals surface area contributed by atoms with Crippen molar-refractivity contribution in [2.45, 2.75) is 0 Å². The first-order chi connectivity index (χ1) is 41.1. The molecule has 3 heteroatoms. The second kappa shape index (κ2) is 17.8. The predicted octanol–water partition coefficient (Wildman–Crippen LogP) is 23.1. The minimum absolute atomic E-state index is 1.17. The lowest BCUT2D eigenvalue weighted by Gasteiger charge is -2.14. The summed E-state index contributed by atoms with van der Waals surface area (Å²) in [7, 11) is 0. The fourth-order valence-corrected chi connectivity index (χ4v) is 15.1. The quantitative estimate of drug-likeness (QED) is 0.158. The van der Waals surface area contributed by atoms with Crippen molar-refractivity contribution in [3.8, 4) is 50.2 Å². The lowest BCUT2D eigenvalue weighted by molar-refractivity contribution is 1.20. The molecule has 83 heavy (non-hydrogen) atoms. The molecule has 16 aromatic carbocycles. The van der Waals surface area contributed by atoms with Crippen molar-refractivity contribution in [1.82, 2.24) is 9.55 Å². The number of rotatable bonds is 1. The van der Waals surface area contributed by atoms with Crippen molar-refractivity contribution in [2.24, 2.45) is 0 Å². The first kappa shape index (κ1) is 46.4. The molecule has 0 bridgehead atoms. The highest BCUT2D eigenvalue weighted by Gasteiger charge is 2.25. The van der Waals surface area contributed by atoms with Crippen LogP contribution in [0.3, 0.4) is 0 Å². The molecule has 2 heterocycles. The van der Waals surface area contributed by atoms with Crippen molar-refractivity contribution < 1.29 is 0 Å². The largest absolute Gasteiger partial charge is 0.354 e. The summed E-state index contributed by atoms with van der Waals surface area (Å²) in [5.74, 6) is 0. The molecule has 2 aliphatic carbocycles. The Morgan fingerprint density at radius 2 is 0.651 bits per heavy atom. The van der Waals surface area contributed by atoms with Gasteiger partial charge in [-0.05, 0) is 162 Å². The number of hydrogen-bond acceptors (Lipinski definition) is 0. The Hall–Kier alpha value is -10.3. The van der Waals surface area contributed by atoms with E-state index in [1.165, 1.54) is 184 Å². The van der Waals surface area contributed by atoms with Crippen LogP contribution in [0.1, 0.15) is 0 Å². The van der Waals surface area contributed by atoms with Crippen LogP contribution < -0.4 is 0 Å². The summed E-state index contributed by atoms with van der Waals surface area (Å²) in [4.78, 5) is 3.56. The van der Waals surface area contributed by atoms with Crippen LogP contribution in [-0.4, -0.2) is 9.55 Å². The number of halogens is 1. The third kappa shape index (κ3) is 6.71. The fraction of sp³-hybridized carbons (Fsp3) is 0. The van der Waals surface area contributed by atoms with Crippen molar-refractivity contribution >= 4 is 146 Å². The molecule has 2 aromatic heterocycles. The fourth-order valence-electron chi connectivity index (χ4n) is 14.7. The first-order valence-corrected chi connectivity index (χ1v) is 29.4. The van der Waals surface area contributed by atoms with Gasteiger partial charge in [-0.1, -0.05) is 259 Å². The molecule has 0 aliphatic heterocycles. The van der Waals surface area contributed by atoms with Crippen LogP contribution in [0.2, 0.25) is 0 Å². The van der Waals surface area contributed by atoms with E-state index in [4.69, 9.17) is 0 Å². The lowest BCUT2D eigenvalue weighted by atomic mass is 9.94. The van der Waals surface area contributed by atoms with Gasteiger partial charge in [-0.25, -0.2) is 0 Å². The summed E-state index contributed by atoms with van der Waals surface area (Å²) in [5, 5.41) is 26.3. The Kier molecular flexibility index (Phi) is 9.98. The van der Waals surface area contributed by atoms with Gasteiger partial charge in [0.15, 0.2) is 0 Å². The van der Waals surface area contributed by atoms with Crippen molar-refractivity contribution in [2.75, 3.05) is 0 Å². The molecule has 2 aliphatic rings. The summed E-state index contributed by atoms with van der Waals surface area (Å²) in [5.41, 5.74) is 16.9. The molecule has 20 rings (SSSR count). The van der Waals surface area contributed by atoms with Gasteiger partial charge in [-0.3, -0.25) is 0 Å². The number of H-pyrrole nitrogens is 1. The number of aromatic nitrogens is 2. The van der Waals surface area contributed by atoms with Crippen LogP contribution in [0, 0.1) is 0 Å². The molecule has 0 saturated heterocycles. The molecule has 0 radical (unpaired) electrons. The number of nitrogens with zero attached hydrogens (tertiary/aromatic N) is 1. The maximum absolute atomic E-state index is 3.64. The molecule has 384 valence electrons. The van der Waals surface area contributed by atoms with E-state index >= 15 is 0 Å². The smallest absolute Gasteiger partial charge is 0.0547 e. The monoisotopic (exact) mass is 1110 g/mol. The molecule has 2 nitrogen and oxygen atoms in total. The second-order valence-corrected chi connectivity index (χ2v) is 23.2. The number of fused-ring (bicyclic) bond motifs is 24. The van der Waals surface area contributed by atoms with Crippen LogP contribution in [-0.2, 0) is 0 Å². The molecule has 18 aromatic rings. The lowest BCUT2D eigenvalue weighted by Crippen LogP contribution is -1.95. The summed E-state index contributed by atoms with van der Waals surface area (Å²) < 4.78 is 3.66. The topological polar surface area (TPSA) is 20.7 Å². The number of hydrogen-bond donors (Lipinski definition) is 1. The van der Waals surface area contributed by atoms with E-state index in [1.807, 2.05) is 0 Å². The van der Waals surface area contributed by atoms with Gasteiger partial charge in [-0.2, -0.15) is 0 Å². The molecule has 0 fully saturated rings. The Morgan fingerprint density at radius 1 is 0.217 bits per heavy atom. The molecule has 0 unspecified atom stereocenters. The van der Waals surface area contributed by atoms with E-state index in [0.717, 1.165) is 0 Å². The predicted molar refractivity (Wildman–Crippen MR) is 360 cm³/mol. The second-order valence-electron chi connectivity index (χ2n) is 22.3. The maximum Gasteiger partial charge on any atom is 0.0547 e. The number of nitrogens with one attached hydrogen (secondary N) is 1. The van der Waals surface area contributed by atoms with E-state index in [-0.39, 0.29) is 0 Å². The van der Waals surface area contributed by atoms with Crippen molar-refractivity contribution in [1.29, 1.82) is 0 Å². The van der Waals surface area contributed by atoms with E-state index < -0.39 is 0 Å². The zero-order valence-electron chi connectivity index (χ0n) is 44.9. The highest BCUT2D eigenvalue weighted by molar-refractivity contribution is 9.10. The van der Waals surface area contributed by atoms with Gasteiger partial charge in [0, 0.05) is 42.4 Å². The molecule has 0 saturated carbocycles. The highest BCUT2D eigenvalue weighted by atomic mass is 79.9. The maximum atomic E-state index is 3.64. The van der Waals surface area contributed by atoms with Crippen LogP contribution >= 0.6 is 15.9 Å². The Morgan fingerprint density at radius 3 is 1.30 bits per heavy atom. The van der Waals surface area contributed by atoms with Gasteiger partial charge in [0.05, 0.1) is 16.7 Å². The van der Waals surface area contributed by atoms with Crippen LogP contribution in [0.15, 0.2) is 284 Å². The van der Waals surface area contributed by atoms with Gasteiger partial charge in [-0.15, -0.1) is 0 Å². The van der Waals surface area contributed by atoms with Gasteiger partial charge in [0.2, 0.25) is 0 Å². The molecule has 0 spiro atoms. The summed E-state index contributed by atoms with van der Waals surface area (Å²) in [6, 6.07) is 102. The molecular weight excluding hydrogens is 1070 g/mol.